The Balaban J connectivity index is 1.11. The zero-order valence-corrected chi connectivity index (χ0v) is 68.8. The van der Waals surface area contributed by atoms with E-state index in [1.807, 2.05) is 0 Å². The number of aromatic nitrogens is 2. The lowest BCUT2D eigenvalue weighted by atomic mass is 9.33. The maximum absolute atomic E-state index is 5.80. The van der Waals surface area contributed by atoms with E-state index in [1.165, 1.54) is 77.1 Å². The molecule has 0 saturated heterocycles. The number of fused-ring (bicyclic) bond motifs is 7. The van der Waals surface area contributed by atoms with E-state index in [9.17, 15) is 0 Å². The summed E-state index contributed by atoms with van der Waals surface area (Å²) in [6, 6.07) is 104. The number of nitrogens with zero attached hydrogens (tertiary/aromatic N) is 4. The molecular weight excluding hydrogens is 1330 g/mol. The lowest BCUT2D eigenvalue weighted by Gasteiger charge is -2.46. The van der Waals surface area contributed by atoms with Crippen LogP contribution in [0.1, 0.15) is 185 Å². The van der Waals surface area contributed by atoms with Gasteiger partial charge in [0.05, 0.1) is 28.1 Å². The summed E-state index contributed by atoms with van der Waals surface area (Å²) in [5.41, 5.74) is 35.3. The van der Waals surface area contributed by atoms with E-state index in [4.69, 9.17) is 4.98 Å². The lowest BCUT2D eigenvalue weighted by molar-refractivity contribution is 0.532. The number of para-hydroxylation sites is 2. The minimum Gasteiger partial charge on any atom is -0.310 e. The molecule has 0 spiro atoms. The van der Waals surface area contributed by atoms with Crippen molar-refractivity contribution in [3.8, 4) is 72.4 Å². The van der Waals surface area contributed by atoms with Gasteiger partial charge in [0.2, 0.25) is 0 Å². The molecule has 0 aliphatic carbocycles. The van der Waals surface area contributed by atoms with Gasteiger partial charge in [-0.2, -0.15) is 0 Å². The highest BCUT2D eigenvalue weighted by Crippen LogP contribution is 2.56. The molecular formula is C105H107BN4. The smallest absolute Gasteiger partial charge is 0.252 e. The van der Waals surface area contributed by atoms with Crippen LogP contribution in [0.5, 0.6) is 0 Å². The van der Waals surface area contributed by atoms with Crippen molar-refractivity contribution in [1.29, 1.82) is 0 Å². The van der Waals surface area contributed by atoms with Crippen LogP contribution in [0, 0.1) is 0 Å². The number of hydrogen-bond acceptors (Lipinski definition) is 3. The van der Waals surface area contributed by atoms with Crippen LogP contribution in [0.3, 0.4) is 0 Å². The standard InChI is InChI=1S/C105H107BN4/c1-99(2,3)73-41-31-40-69(56-73)72-60-92-95-93(61-72)110(96-79(66-34-25-22-26-35-66)42-32-43-80(96)67-36-27-23-28-37-67)91-65-78(108-88-53-47-74(100(4,5)6)63-84(88)85-64-75(101(7,8)9)48-54-89(85)108)49-52-87(91)106(95)86-51-46-70(71-57-76(102(10,11)12)62-77(58-71)103(13,14)15)59-90(86)109(92)97-81(68-38-29-24-30-39-68)44-33-45-82(97)83-50-55-94(104(16,17)18)107-98(83)105(19,20)21/h22-65H,1-21H3. The number of anilines is 6. The molecule has 4 nitrogen and oxygen atoms in total. The van der Waals surface area contributed by atoms with Gasteiger partial charge in [0.1, 0.15) is 0 Å². The summed E-state index contributed by atoms with van der Waals surface area (Å²) in [5, 5.41) is 2.52. The van der Waals surface area contributed by atoms with Crippen LogP contribution in [-0.4, -0.2) is 16.3 Å². The summed E-state index contributed by atoms with van der Waals surface area (Å²) in [4.78, 5) is 11.3. The third-order valence-corrected chi connectivity index (χ3v) is 23.3. The summed E-state index contributed by atoms with van der Waals surface area (Å²) in [6.07, 6.45) is 0. The van der Waals surface area contributed by atoms with Crippen LogP contribution < -0.4 is 26.2 Å². The minimum atomic E-state index is -0.343. The minimum absolute atomic E-state index is 0.0632. The fourth-order valence-electron chi connectivity index (χ4n) is 17.0. The molecule has 0 atom stereocenters. The van der Waals surface area contributed by atoms with E-state index in [2.05, 4.69) is 427 Å². The lowest BCUT2D eigenvalue weighted by Crippen LogP contribution is -2.61. The van der Waals surface area contributed by atoms with Gasteiger partial charge in [0.15, 0.2) is 0 Å². The van der Waals surface area contributed by atoms with Crippen LogP contribution in [0.25, 0.3) is 94.3 Å². The fraction of sp³-hybridized carbons (Fsp3) is 0.267. The van der Waals surface area contributed by atoms with E-state index in [-0.39, 0.29) is 44.6 Å². The Bertz CT molecular complexity index is 5780. The van der Waals surface area contributed by atoms with Crippen LogP contribution in [0.2, 0.25) is 0 Å². The first-order valence-electron chi connectivity index (χ1n) is 39.9. The average Bonchev–Trinajstić information content (AvgIpc) is 0.712. The molecule has 0 unspecified atom stereocenters. The predicted molar refractivity (Wildman–Crippen MR) is 476 cm³/mol. The van der Waals surface area contributed by atoms with E-state index < -0.39 is 0 Å². The molecule has 0 saturated carbocycles. The molecule has 0 radical (unpaired) electrons. The maximum Gasteiger partial charge on any atom is 0.252 e. The van der Waals surface area contributed by atoms with Crippen molar-refractivity contribution >= 4 is 79.0 Å². The van der Waals surface area contributed by atoms with Gasteiger partial charge in [-0.1, -0.05) is 352 Å². The van der Waals surface area contributed by atoms with Gasteiger partial charge in [-0.15, -0.1) is 0 Å². The van der Waals surface area contributed by atoms with Gasteiger partial charge < -0.3 is 14.4 Å². The van der Waals surface area contributed by atoms with Crippen molar-refractivity contribution in [3.63, 3.8) is 0 Å². The van der Waals surface area contributed by atoms with E-state index in [1.54, 1.807) is 0 Å². The maximum atomic E-state index is 5.80. The van der Waals surface area contributed by atoms with Crippen molar-refractivity contribution in [2.24, 2.45) is 0 Å². The molecule has 12 aromatic carbocycles. The Hall–Kier alpha value is -10.7. The molecule has 4 heterocycles. The second-order valence-corrected chi connectivity index (χ2v) is 38.6. The van der Waals surface area contributed by atoms with Gasteiger partial charge in [-0.05, 0) is 171 Å². The summed E-state index contributed by atoms with van der Waals surface area (Å²) < 4.78 is 2.57. The molecule has 2 aliphatic heterocycles. The molecule has 110 heavy (non-hydrogen) atoms. The van der Waals surface area contributed by atoms with Crippen LogP contribution in [0.4, 0.5) is 34.1 Å². The molecule has 14 aromatic rings. The second kappa shape index (κ2) is 26.5. The highest BCUT2D eigenvalue weighted by molar-refractivity contribution is 7.00. The molecule has 2 aromatic heterocycles. The molecule has 0 N–H and O–H groups in total. The van der Waals surface area contributed by atoms with Gasteiger partial charge in [-0.25, -0.2) is 0 Å². The zero-order chi connectivity index (χ0) is 77.7. The van der Waals surface area contributed by atoms with Crippen LogP contribution in [0.15, 0.2) is 267 Å². The Labute approximate surface area is 656 Å². The third kappa shape index (κ3) is 13.1. The first-order chi connectivity index (χ1) is 52.0. The highest BCUT2D eigenvalue weighted by Gasteiger charge is 2.46. The van der Waals surface area contributed by atoms with Gasteiger partial charge in [0, 0.05) is 83.6 Å². The predicted octanol–water partition coefficient (Wildman–Crippen LogP) is 27.3. The molecule has 0 amide bonds. The number of pyridine rings is 1. The third-order valence-electron chi connectivity index (χ3n) is 23.3. The number of rotatable bonds is 9. The summed E-state index contributed by atoms with van der Waals surface area (Å²) in [6.45, 7) is 48.8. The molecule has 16 rings (SSSR count). The Morgan fingerprint density at radius 1 is 0.255 bits per heavy atom. The molecule has 0 fully saturated rings. The van der Waals surface area contributed by atoms with E-state index in [0.29, 0.717) is 0 Å². The quantitative estimate of drug-likeness (QED) is 0.135. The zero-order valence-electron chi connectivity index (χ0n) is 68.8. The van der Waals surface area contributed by atoms with Crippen LogP contribution >= 0.6 is 0 Å². The molecule has 2 aliphatic rings. The highest BCUT2D eigenvalue weighted by atomic mass is 15.2. The van der Waals surface area contributed by atoms with Gasteiger partial charge in [-0.3, -0.25) is 4.98 Å². The van der Waals surface area contributed by atoms with Crippen LogP contribution in [-0.2, 0) is 37.9 Å². The van der Waals surface area contributed by atoms with Crippen molar-refractivity contribution in [1.82, 2.24) is 9.55 Å². The Kier molecular flexibility index (Phi) is 17.7. The first kappa shape index (κ1) is 73.4. The summed E-state index contributed by atoms with van der Waals surface area (Å²) >= 11 is 0. The first-order valence-corrected chi connectivity index (χ1v) is 39.9. The van der Waals surface area contributed by atoms with Crippen molar-refractivity contribution in [2.75, 3.05) is 9.80 Å². The second-order valence-electron chi connectivity index (χ2n) is 38.6. The molecule has 5 heteroatoms. The molecule has 550 valence electrons. The van der Waals surface area contributed by atoms with E-state index in [0.717, 1.165) is 107 Å². The number of hydrogen-bond donors (Lipinski definition) is 0. The molecule has 0 bridgehead atoms. The van der Waals surface area contributed by atoms with Crippen molar-refractivity contribution in [3.05, 3.63) is 306 Å². The SMILES string of the molecule is CC(C)(C)c1cccc(-c2cc3c4c(c2)N(c2c(-c5ccccc5)cccc2-c2ccc(C(C)(C)C)nc2C(C)(C)C)c2cc(-c5cc(C(C)(C)C)cc(C(C)(C)C)c5)ccc2B4c2ccc(-n4c5ccc(C(C)(C)C)cc5c5cc(C(C)(C)C)ccc54)cc2N3c2c(-c3ccccc3)cccc2-c2ccccc2)c1. The largest absolute Gasteiger partial charge is 0.310 e. The van der Waals surface area contributed by atoms with E-state index >= 15 is 0 Å². The average molecular weight is 1440 g/mol. The van der Waals surface area contributed by atoms with Crippen molar-refractivity contribution < 1.29 is 0 Å². The Morgan fingerprint density at radius 3 is 1.11 bits per heavy atom. The topological polar surface area (TPSA) is 24.3 Å². The summed E-state index contributed by atoms with van der Waals surface area (Å²) in [7, 11) is 0. The van der Waals surface area contributed by atoms with Gasteiger partial charge >= 0.3 is 0 Å². The summed E-state index contributed by atoms with van der Waals surface area (Å²) in [5.74, 6) is 0. The van der Waals surface area contributed by atoms with Crippen molar-refractivity contribution in [2.45, 2.75) is 183 Å². The van der Waals surface area contributed by atoms with Gasteiger partial charge in [0.25, 0.3) is 6.71 Å². The monoisotopic (exact) mass is 1430 g/mol. The Morgan fingerprint density at radius 2 is 0.645 bits per heavy atom. The normalized spacial score (nSPS) is 13.4. The number of benzene rings is 12. The fourth-order valence-corrected chi connectivity index (χ4v) is 17.0.